The lowest BCUT2D eigenvalue weighted by Crippen LogP contribution is -2.36. The molecule has 17 heteroatoms. The van der Waals surface area contributed by atoms with Crippen molar-refractivity contribution in [3.05, 3.63) is 24.3 Å². The average Bonchev–Trinajstić information content (AvgIpc) is 3.34. The summed E-state index contributed by atoms with van der Waals surface area (Å²) in [7, 11) is -7.20. The molecule has 0 aliphatic carbocycles. The van der Waals surface area contributed by atoms with E-state index in [1.807, 2.05) is 0 Å². The summed E-state index contributed by atoms with van der Waals surface area (Å²) in [4.78, 5) is 71.1. The number of sulfone groups is 2. The molecule has 6 amide bonds. The largest absolute Gasteiger partial charge is 0.379 e. The third kappa shape index (κ3) is 11.5. The second kappa shape index (κ2) is 14.6. The summed E-state index contributed by atoms with van der Waals surface area (Å²) in [5.74, 6) is -4.65. The Hall–Kier alpha value is -3.44. The van der Waals surface area contributed by atoms with E-state index < -0.39 is 55.1 Å². The third-order valence-electron chi connectivity index (χ3n) is 5.47. The van der Waals surface area contributed by atoms with Crippen LogP contribution in [0.5, 0.6) is 0 Å². The quantitative estimate of drug-likeness (QED) is 0.119. The topological polar surface area (TPSA) is 210 Å². The summed E-state index contributed by atoms with van der Waals surface area (Å²) < 4.78 is 53.4. The maximum atomic E-state index is 12.1. The minimum absolute atomic E-state index is 0.118. The summed E-state index contributed by atoms with van der Waals surface area (Å²) in [6.45, 7) is -1.10. The number of amides is 6. The zero-order chi connectivity index (χ0) is 29.1. The van der Waals surface area contributed by atoms with Gasteiger partial charge in [-0.05, 0) is 0 Å². The van der Waals surface area contributed by atoms with Gasteiger partial charge in [-0.1, -0.05) is 0 Å². The van der Waals surface area contributed by atoms with Crippen molar-refractivity contribution < 1.29 is 50.3 Å². The Labute approximate surface area is 225 Å². The number of hydrogen-bond acceptors (Lipinski definition) is 11. The molecule has 0 aromatic carbocycles. The SMILES string of the molecule is O=C(CCN1C(=O)C=CC1=O)NCCS(=O)(=O)CCOCCS(=O)(=O)CCNC(=O)CCN1C(=O)C=CC1=O. The standard InChI is InChI=1S/C22H30N4O11S2/c27-17(5-9-25-19(29)1-2-20(25)30)23-7-13-38(33,34)15-11-37-12-16-39(35,36)14-8-24-18(28)6-10-26-21(31)3-4-22(26)32/h1-4H,5-16H2,(H,23,27)(H,24,28). The van der Waals surface area contributed by atoms with Crippen molar-refractivity contribution in [2.24, 2.45) is 0 Å². The number of ether oxygens (including phenoxy) is 1. The Morgan fingerprint density at radius 2 is 0.949 bits per heavy atom. The van der Waals surface area contributed by atoms with Crippen molar-refractivity contribution in [2.45, 2.75) is 12.8 Å². The van der Waals surface area contributed by atoms with Crippen molar-refractivity contribution in [1.29, 1.82) is 0 Å². The zero-order valence-electron chi connectivity index (χ0n) is 21.0. The Bertz CT molecular complexity index is 1120. The second-order valence-electron chi connectivity index (χ2n) is 8.44. The molecule has 0 saturated carbocycles. The molecule has 0 spiro atoms. The van der Waals surface area contributed by atoms with Crippen LogP contribution in [0.15, 0.2) is 24.3 Å². The minimum atomic E-state index is -3.60. The molecule has 0 saturated heterocycles. The monoisotopic (exact) mass is 590 g/mol. The highest BCUT2D eigenvalue weighted by Crippen LogP contribution is 2.05. The second-order valence-corrected chi connectivity index (χ2v) is 13.0. The highest BCUT2D eigenvalue weighted by atomic mass is 32.2. The molecule has 216 valence electrons. The Kier molecular flexibility index (Phi) is 11.9. The van der Waals surface area contributed by atoms with E-state index in [2.05, 4.69) is 10.6 Å². The molecule has 0 radical (unpaired) electrons. The maximum Gasteiger partial charge on any atom is 0.253 e. The van der Waals surface area contributed by atoms with E-state index >= 15 is 0 Å². The first-order chi connectivity index (χ1) is 18.3. The van der Waals surface area contributed by atoms with E-state index in [1.165, 1.54) is 0 Å². The Morgan fingerprint density at radius 1 is 0.615 bits per heavy atom. The lowest BCUT2D eigenvalue weighted by Gasteiger charge is -2.13. The first kappa shape index (κ1) is 31.8. The molecule has 15 nitrogen and oxygen atoms in total. The number of nitrogens with zero attached hydrogens (tertiary/aromatic N) is 2. The summed E-state index contributed by atoms with van der Waals surface area (Å²) in [5, 5.41) is 4.79. The summed E-state index contributed by atoms with van der Waals surface area (Å²) in [6, 6.07) is 0. The van der Waals surface area contributed by atoms with E-state index in [9.17, 15) is 45.6 Å². The smallest absolute Gasteiger partial charge is 0.253 e. The van der Waals surface area contributed by atoms with Crippen LogP contribution in [-0.4, -0.2) is 124 Å². The van der Waals surface area contributed by atoms with Gasteiger partial charge < -0.3 is 15.4 Å². The van der Waals surface area contributed by atoms with E-state index in [1.54, 1.807) is 0 Å². The first-order valence-electron chi connectivity index (χ1n) is 11.9. The lowest BCUT2D eigenvalue weighted by atomic mass is 10.3. The van der Waals surface area contributed by atoms with Crippen LogP contribution in [0.2, 0.25) is 0 Å². The highest BCUT2D eigenvalue weighted by Gasteiger charge is 2.24. The molecule has 0 aromatic heterocycles. The number of rotatable bonds is 18. The van der Waals surface area contributed by atoms with E-state index in [0.29, 0.717) is 0 Å². The molecular formula is C22H30N4O11S2. The van der Waals surface area contributed by atoms with Gasteiger partial charge in [-0.15, -0.1) is 0 Å². The van der Waals surface area contributed by atoms with Crippen molar-refractivity contribution in [3.8, 4) is 0 Å². The zero-order valence-corrected chi connectivity index (χ0v) is 22.6. The summed E-state index contributed by atoms with van der Waals surface area (Å²) >= 11 is 0. The van der Waals surface area contributed by atoms with Crippen molar-refractivity contribution in [1.82, 2.24) is 20.4 Å². The van der Waals surface area contributed by atoms with Crippen molar-refractivity contribution in [3.63, 3.8) is 0 Å². The molecule has 2 aliphatic heterocycles. The number of hydrogen-bond donors (Lipinski definition) is 2. The Balaban J connectivity index is 1.52. The van der Waals surface area contributed by atoms with Gasteiger partial charge in [0.1, 0.15) is 0 Å². The molecule has 0 atom stereocenters. The van der Waals surface area contributed by atoms with Crippen LogP contribution >= 0.6 is 0 Å². The summed E-state index contributed by atoms with van der Waals surface area (Å²) in [5.41, 5.74) is 0. The lowest BCUT2D eigenvalue weighted by molar-refractivity contribution is -0.139. The predicted molar refractivity (Wildman–Crippen MR) is 135 cm³/mol. The molecule has 2 aliphatic rings. The van der Waals surface area contributed by atoms with Crippen LogP contribution in [0.4, 0.5) is 0 Å². The molecule has 2 heterocycles. The first-order valence-corrected chi connectivity index (χ1v) is 15.5. The van der Waals surface area contributed by atoms with Crippen LogP contribution in [-0.2, 0) is 53.2 Å². The molecule has 0 unspecified atom stereocenters. The van der Waals surface area contributed by atoms with Gasteiger partial charge >= 0.3 is 0 Å². The third-order valence-corrected chi connectivity index (χ3v) is 8.70. The molecule has 0 fully saturated rings. The molecule has 39 heavy (non-hydrogen) atoms. The van der Waals surface area contributed by atoms with Crippen LogP contribution in [0.3, 0.4) is 0 Å². The van der Waals surface area contributed by atoms with Gasteiger partial charge in [0.2, 0.25) is 11.8 Å². The van der Waals surface area contributed by atoms with Crippen LogP contribution in [0.25, 0.3) is 0 Å². The fourth-order valence-electron chi connectivity index (χ4n) is 3.28. The molecule has 0 aromatic rings. The fourth-order valence-corrected chi connectivity index (χ4v) is 5.25. The van der Waals surface area contributed by atoms with E-state index in [4.69, 9.17) is 4.74 Å². The average molecular weight is 591 g/mol. The van der Waals surface area contributed by atoms with Crippen LogP contribution in [0, 0.1) is 0 Å². The molecule has 2 N–H and O–H groups in total. The molecular weight excluding hydrogens is 560 g/mol. The van der Waals surface area contributed by atoms with Crippen LogP contribution in [0.1, 0.15) is 12.8 Å². The van der Waals surface area contributed by atoms with Gasteiger partial charge in [0.05, 0.1) is 36.2 Å². The fraction of sp³-hybridized carbons (Fsp3) is 0.545. The minimum Gasteiger partial charge on any atom is -0.379 e. The van der Waals surface area contributed by atoms with Crippen molar-refractivity contribution in [2.75, 3.05) is 62.4 Å². The number of nitrogens with one attached hydrogen (secondary N) is 2. The van der Waals surface area contributed by atoms with Gasteiger partial charge in [-0.2, -0.15) is 0 Å². The highest BCUT2D eigenvalue weighted by molar-refractivity contribution is 7.91. The summed E-state index contributed by atoms with van der Waals surface area (Å²) in [6.07, 6.45) is 4.04. The van der Waals surface area contributed by atoms with Gasteiger partial charge in [0.15, 0.2) is 19.7 Å². The maximum absolute atomic E-state index is 12.1. The number of imide groups is 2. The van der Waals surface area contributed by atoms with Crippen molar-refractivity contribution >= 4 is 55.1 Å². The molecule has 0 bridgehead atoms. The van der Waals surface area contributed by atoms with Gasteiger partial charge in [-0.25, -0.2) is 16.8 Å². The van der Waals surface area contributed by atoms with E-state index in [-0.39, 0.29) is 75.2 Å². The number of carbonyl (C=O) groups excluding carboxylic acids is 6. The normalized spacial score (nSPS) is 15.5. The predicted octanol–water partition coefficient (Wildman–Crippen LogP) is -3.30. The van der Waals surface area contributed by atoms with Gasteiger partial charge in [0, 0.05) is 63.3 Å². The van der Waals surface area contributed by atoms with Crippen LogP contribution < -0.4 is 10.6 Å². The molecule has 2 rings (SSSR count). The van der Waals surface area contributed by atoms with E-state index in [0.717, 1.165) is 34.1 Å². The number of carbonyl (C=O) groups is 6. The van der Waals surface area contributed by atoms with Gasteiger partial charge in [-0.3, -0.25) is 38.6 Å². The Morgan fingerprint density at radius 3 is 1.28 bits per heavy atom. The van der Waals surface area contributed by atoms with Gasteiger partial charge in [0.25, 0.3) is 23.6 Å².